The first-order valence-corrected chi connectivity index (χ1v) is 11.0. The van der Waals surface area contributed by atoms with E-state index in [2.05, 4.69) is 10.1 Å². The Kier molecular flexibility index (Phi) is 7.25. The van der Waals surface area contributed by atoms with E-state index in [1.807, 2.05) is 0 Å². The predicted octanol–water partition coefficient (Wildman–Crippen LogP) is 4.73. The number of amides is 1. The number of halogens is 4. The molecule has 30 heavy (non-hydrogen) atoms. The van der Waals surface area contributed by atoms with Gasteiger partial charge in [0.25, 0.3) is 0 Å². The highest BCUT2D eigenvalue weighted by molar-refractivity contribution is 7.92. The van der Waals surface area contributed by atoms with Gasteiger partial charge in [0.1, 0.15) is 11.8 Å². The highest BCUT2D eigenvalue weighted by atomic mass is 35.5. The lowest BCUT2D eigenvalue weighted by Crippen LogP contribution is -2.47. The third-order valence-corrected chi connectivity index (χ3v) is 5.49. The minimum atomic E-state index is -4.83. The van der Waals surface area contributed by atoms with Crippen LogP contribution in [0.2, 0.25) is 5.02 Å². The van der Waals surface area contributed by atoms with Crippen molar-refractivity contribution in [3.8, 4) is 5.75 Å². The van der Waals surface area contributed by atoms with Gasteiger partial charge < -0.3 is 10.1 Å². The third-order valence-electron chi connectivity index (χ3n) is 4.09. The molecule has 2 aromatic rings. The van der Waals surface area contributed by atoms with Crippen molar-refractivity contribution in [2.75, 3.05) is 15.9 Å². The standard InChI is InChI=1S/C19H20ClF3N2O4S/c1-4-16(25(30(3,27)28)17-11-13(20)6-5-12(17)2)18(26)24-14-7-9-15(10-8-14)29-19(21,22)23/h5-11,16H,4H2,1-3H3,(H,24,26)/t16-/m0/s1. The number of benzene rings is 2. The Hall–Kier alpha value is -2.46. The number of rotatable bonds is 7. The summed E-state index contributed by atoms with van der Waals surface area (Å²) in [6.45, 7) is 3.33. The molecule has 0 saturated heterocycles. The lowest BCUT2D eigenvalue weighted by atomic mass is 10.1. The number of aryl methyl sites for hydroxylation is 1. The van der Waals surface area contributed by atoms with Crippen LogP contribution in [0.4, 0.5) is 24.5 Å². The molecular formula is C19H20ClF3N2O4S. The van der Waals surface area contributed by atoms with Gasteiger partial charge in [0.2, 0.25) is 15.9 Å². The molecule has 1 atom stereocenters. The minimum Gasteiger partial charge on any atom is -0.406 e. The van der Waals surface area contributed by atoms with Gasteiger partial charge in [0.15, 0.2) is 0 Å². The molecule has 0 bridgehead atoms. The number of carbonyl (C=O) groups is 1. The largest absolute Gasteiger partial charge is 0.573 e. The van der Waals surface area contributed by atoms with Gasteiger partial charge >= 0.3 is 6.36 Å². The number of hydrogen-bond donors (Lipinski definition) is 1. The number of hydrogen-bond acceptors (Lipinski definition) is 4. The van der Waals surface area contributed by atoms with E-state index in [9.17, 15) is 26.4 Å². The molecule has 2 rings (SSSR count). The number of nitrogens with zero attached hydrogens (tertiary/aromatic N) is 1. The van der Waals surface area contributed by atoms with Gasteiger partial charge in [-0.05, 0) is 55.3 Å². The first-order chi connectivity index (χ1) is 13.8. The topological polar surface area (TPSA) is 75.7 Å². The Morgan fingerprint density at radius 1 is 1.20 bits per heavy atom. The zero-order chi connectivity index (χ0) is 22.7. The van der Waals surface area contributed by atoms with Crippen molar-refractivity contribution < 1.29 is 31.1 Å². The van der Waals surface area contributed by atoms with Crippen LogP contribution in [0.5, 0.6) is 5.75 Å². The molecule has 0 spiro atoms. The molecule has 0 aliphatic carbocycles. The van der Waals surface area contributed by atoms with Gasteiger partial charge in [-0.25, -0.2) is 8.42 Å². The zero-order valence-electron chi connectivity index (χ0n) is 16.3. The van der Waals surface area contributed by atoms with Crippen LogP contribution in [0.3, 0.4) is 0 Å². The SMILES string of the molecule is CC[C@@H](C(=O)Nc1ccc(OC(F)(F)F)cc1)N(c1cc(Cl)ccc1C)S(C)(=O)=O. The van der Waals surface area contributed by atoms with E-state index in [0.717, 1.165) is 22.7 Å². The molecule has 0 unspecified atom stereocenters. The second-order valence-corrected chi connectivity index (χ2v) is 8.77. The molecule has 0 aromatic heterocycles. The van der Waals surface area contributed by atoms with Crippen LogP contribution in [-0.2, 0) is 14.8 Å². The molecule has 0 radical (unpaired) electrons. The number of anilines is 2. The number of ether oxygens (including phenoxy) is 1. The van der Waals surface area contributed by atoms with Crippen LogP contribution >= 0.6 is 11.6 Å². The summed E-state index contributed by atoms with van der Waals surface area (Å²) in [7, 11) is -3.86. The number of alkyl halides is 3. The highest BCUT2D eigenvalue weighted by Crippen LogP contribution is 2.30. The minimum absolute atomic E-state index is 0.139. The maximum atomic E-state index is 12.9. The van der Waals surface area contributed by atoms with Crippen molar-refractivity contribution in [3.63, 3.8) is 0 Å². The molecule has 0 aliphatic heterocycles. The monoisotopic (exact) mass is 464 g/mol. The third kappa shape index (κ3) is 6.27. The average molecular weight is 465 g/mol. The number of nitrogens with one attached hydrogen (secondary N) is 1. The average Bonchev–Trinajstić information content (AvgIpc) is 2.61. The molecule has 2 aromatic carbocycles. The zero-order valence-corrected chi connectivity index (χ0v) is 17.9. The molecule has 0 saturated carbocycles. The van der Waals surface area contributed by atoms with Crippen LogP contribution in [0.1, 0.15) is 18.9 Å². The van der Waals surface area contributed by atoms with Gasteiger partial charge in [-0.1, -0.05) is 24.6 Å². The Morgan fingerprint density at radius 2 is 1.80 bits per heavy atom. The molecule has 1 N–H and O–H groups in total. The summed E-state index contributed by atoms with van der Waals surface area (Å²) >= 11 is 6.01. The van der Waals surface area contributed by atoms with Crippen LogP contribution < -0.4 is 14.4 Å². The van der Waals surface area contributed by atoms with Gasteiger partial charge in [-0.3, -0.25) is 9.10 Å². The van der Waals surface area contributed by atoms with E-state index in [0.29, 0.717) is 10.6 Å². The Bertz CT molecular complexity index is 1010. The van der Waals surface area contributed by atoms with Gasteiger partial charge in [0, 0.05) is 10.7 Å². The molecule has 1 amide bonds. The van der Waals surface area contributed by atoms with Crippen LogP contribution in [0, 0.1) is 6.92 Å². The summed E-state index contributed by atoms with van der Waals surface area (Å²) in [6, 6.07) is 8.12. The number of carbonyl (C=O) groups excluding carboxylic acids is 1. The van der Waals surface area contributed by atoms with E-state index in [1.54, 1.807) is 26.0 Å². The van der Waals surface area contributed by atoms with E-state index >= 15 is 0 Å². The molecule has 164 valence electrons. The molecule has 0 fully saturated rings. The van der Waals surface area contributed by atoms with Gasteiger partial charge in [-0.2, -0.15) is 0 Å². The second kappa shape index (κ2) is 9.13. The summed E-state index contributed by atoms with van der Waals surface area (Å²) in [6.07, 6.45) is -3.71. The molecule has 0 heterocycles. The first-order valence-electron chi connectivity index (χ1n) is 8.74. The van der Waals surface area contributed by atoms with Crippen LogP contribution in [0.15, 0.2) is 42.5 Å². The Labute approximate surface area is 177 Å². The lowest BCUT2D eigenvalue weighted by Gasteiger charge is -2.31. The summed E-state index contributed by atoms with van der Waals surface area (Å²) in [4.78, 5) is 12.9. The van der Waals surface area contributed by atoms with Crippen molar-refractivity contribution >= 4 is 38.9 Å². The Balaban J connectivity index is 2.31. The quantitative estimate of drug-likeness (QED) is 0.642. The summed E-state index contributed by atoms with van der Waals surface area (Å²) in [5.74, 6) is -1.09. The van der Waals surface area contributed by atoms with E-state index in [4.69, 9.17) is 11.6 Å². The maximum absolute atomic E-state index is 12.9. The van der Waals surface area contributed by atoms with Gasteiger partial charge in [-0.15, -0.1) is 13.2 Å². The van der Waals surface area contributed by atoms with E-state index in [1.165, 1.54) is 18.2 Å². The molecule has 0 aliphatic rings. The van der Waals surface area contributed by atoms with Crippen molar-refractivity contribution in [1.29, 1.82) is 0 Å². The first kappa shape index (κ1) is 23.8. The Morgan fingerprint density at radius 3 is 2.30 bits per heavy atom. The van der Waals surface area contributed by atoms with Crippen LogP contribution in [-0.4, -0.2) is 33.0 Å². The fourth-order valence-corrected chi connectivity index (χ4v) is 4.25. The van der Waals surface area contributed by atoms with E-state index < -0.39 is 34.1 Å². The van der Waals surface area contributed by atoms with Crippen LogP contribution in [0.25, 0.3) is 0 Å². The summed E-state index contributed by atoms with van der Waals surface area (Å²) in [5.41, 5.74) is 1.05. The smallest absolute Gasteiger partial charge is 0.406 e. The molecule has 6 nitrogen and oxygen atoms in total. The van der Waals surface area contributed by atoms with E-state index in [-0.39, 0.29) is 17.8 Å². The lowest BCUT2D eigenvalue weighted by molar-refractivity contribution is -0.274. The fourth-order valence-electron chi connectivity index (χ4n) is 2.82. The summed E-state index contributed by atoms with van der Waals surface area (Å²) < 4.78 is 66.6. The van der Waals surface area contributed by atoms with Gasteiger partial charge in [0.05, 0.1) is 11.9 Å². The second-order valence-electron chi connectivity index (χ2n) is 6.48. The normalized spacial score (nSPS) is 12.9. The van der Waals surface area contributed by atoms with Crippen molar-refractivity contribution in [2.24, 2.45) is 0 Å². The molecular weight excluding hydrogens is 445 g/mol. The number of sulfonamides is 1. The van der Waals surface area contributed by atoms with Crippen molar-refractivity contribution in [1.82, 2.24) is 0 Å². The summed E-state index contributed by atoms with van der Waals surface area (Å²) in [5, 5.41) is 2.83. The van der Waals surface area contributed by atoms with Crippen molar-refractivity contribution in [3.05, 3.63) is 53.1 Å². The fraction of sp³-hybridized carbons (Fsp3) is 0.316. The van der Waals surface area contributed by atoms with Crippen molar-refractivity contribution in [2.45, 2.75) is 32.7 Å². The predicted molar refractivity (Wildman–Crippen MR) is 109 cm³/mol. The molecule has 11 heteroatoms. The maximum Gasteiger partial charge on any atom is 0.573 e. The highest BCUT2D eigenvalue weighted by Gasteiger charge is 2.33.